The number of aliphatic imine (C=N–C) groups is 1. The third-order valence-corrected chi connectivity index (χ3v) is 8.07. The molecule has 2 aromatic rings. The van der Waals surface area contributed by atoms with E-state index in [1.54, 1.807) is 23.9 Å². The topological polar surface area (TPSA) is 71.1 Å². The number of thiazole rings is 1. The molecule has 32 heavy (non-hydrogen) atoms. The lowest BCUT2D eigenvalue weighted by atomic mass is 10.1. The van der Waals surface area contributed by atoms with Crippen LogP contribution in [-0.2, 0) is 0 Å². The molecule has 1 aromatic carbocycles. The van der Waals surface area contributed by atoms with Crippen molar-refractivity contribution < 1.29 is 4.39 Å². The van der Waals surface area contributed by atoms with Crippen LogP contribution in [0.2, 0.25) is 0 Å². The van der Waals surface area contributed by atoms with Gasteiger partial charge < -0.3 is 9.80 Å². The van der Waals surface area contributed by atoms with Crippen LogP contribution >= 0.6 is 23.1 Å². The molecule has 10 heteroatoms. The normalized spacial score (nSPS) is 22.4. The van der Waals surface area contributed by atoms with Crippen LogP contribution in [0, 0.1) is 17.1 Å². The van der Waals surface area contributed by atoms with Crippen molar-refractivity contribution in [2.75, 3.05) is 25.0 Å². The molecule has 166 valence electrons. The second kappa shape index (κ2) is 8.71. The Balaban J connectivity index is 1.44. The summed E-state index contributed by atoms with van der Waals surface area (Å²) in [6, 6.07) is 8.42. The molecule has 0 amide bonds. The van der Waals surface area contributed by atoms with E-state index >= 15 is 0 Å². The van der Waals surface area contributed by atoms with Crippen molar-refractivity contribution in [2.24, 2.45) is 10.1 Å². The van der Waals surface area contributed by atoms with Crippen LogP contribution in [0.4, 0.5) is 9.52 Å². The van der Waals surface area contributed by atoms with Crippen molar-refractivity contribution in [2.45, 2.75) is 44.8 Å². The Morgan fingerprint density at radius 1 is 1.19 bits per heavy atom. The summed E-state index contributed by atoms with van der Waals surface area (Å²) in [6.45, 7) is 4.22. The number of rotatable bonds is 4. The Hall–Kier alpha value is -2.64. The highest BCUT2D eigenvalue weighted by molar-refractivity contribution is 8.26. The van der Waals surface area contributed by atoms with Gasteiger partial charge >= 0.3 is 0 Å². The first kappa shape index (κ1) is 21.2. The SMILES string of the molecule is CCC1N=C2SC(N3CCCCC3)=NN2C1N(C)c1nc(-c2ccc(F)cc2)c(C#N)s1. The van der Waals surface area contributed by atoms with E-state index in [1.165, 1.54) is 42.7 Å². The first-order valence-electron chi connectivity index (χ1n) is 10.9. The molecule has 0 saturated carbocycles. The summed E-state index contributed by atoms with van der Waals surface area (Å²) < 4.78 is 13.4. The molecule has 0 spiro atoms. The highest BCUT2D eigenvalue weighted by atomic mass is 32.2. The largest absolute Gasteiger partial charge is 0.349 e. The molecule has 5 rings (SSSR count). The molecule has 3 aliphatic heterocycles. The van der Waals surface area contributed by atoms with E-state index < -0.39 is 0 Å². The van der Waals surface area contributed by atoms with Crippen molar-refractivity contribution in [1.82, 2.24) is 14.9 Å². The number of amidine groups is 2. The molecule has 2 atom stereocenters. The average Bonchev–Trinajstić information content (AvgIpc) is 3.52. The van der Waals surface area contributed by atoms with Gasteiger partial charge in [0.25, 0.3) is 0 Å². The number of fused-ring (bicyclic) bond motifs is 1. The number of thioether (sulfide) groups is 1. The Morgan fingerprint density at radius 3 is 2.62 bits per heavy atom. The fourth-order valence-corrected chi connectivity index (χ4v) is 6.21. The second-order valence-corrected chi connectivity index (χ2v) is 9.99. The molecule has 4 heterocycles. The maximum Gasteiger partial charge on any atom is 0.191 e. The summed E-state index contributed by atoms with van der Waals surface area (Å²) in [7, 11) is 1.99. The number of nitriles is 1. The van der Waals surface area contributed by atoms with Gasteiger partial charge in [0.05, 0.1) is 6.04 Å². The minimum atomic E-state index is -0.310. The molecule has 0 radical (unpaired) electrons. The van der Waals surface area contributed by atoms with E-state index in [-0.39, 0.29) is 18.0 Å². The first-order chi connectivity index (χ1) is 15.6. The summed E-state index contributed by atoms with van der Waals surface area (Å²) >= 11 is 3.00. The standard InChI is InChI=1S/C22H24FN7S2/c1-3-16-19(30-21(25-16)32-22(27-30)29-11-5-4-6-12-29)28(2)20-26-18(17(13-24)31-20)14-7-9-15(23)10-8-14/h7-10,16,19H,3-6,11-12H2,1-2H3. The average molecular weight is 470 g/mol. The van der Waals surface area contributed by atoms with Gasteiger partial charge in [-0.25, -0.2) is 14.4 Å². The van der Waals surface area contributed by atoms with E-state index in [0.29, 0.717) is 10.6 Å². The van der Waals surface area contributed by atoms with Crippen molar-refractivity contribution in [1.29, 1.82) is 5.26 Å². The van der Waals surface area contributed by atoms with Gasteiger partial charge in [0.2, 0.25) is 0 Å². The third-order valence-electron chi connectivity index (χ3n) is 6.02. The minimum absolute atomic E-state index is 0.0675. The van der Waals surface area contributed by atoms with Crippen LogP contribution in [0.3, 0.4) is 0 Å². The van der Waals surface area contributed by atoms with Crippen LogP contribution in [0.1, 0.15) is 37.5 Å². The van der Waals surface area contributed by atoms with Gasteiger partial charge in [0.15, 0.2) is 15.5 Å². The monoisotopic (exact) mass is 469 g/mol. The number of benzene rings is 1. The van der Waals surface area contributed by atoms with Crippen molar-refractivity contribution in [3.05, 3.63) is 35.0 Å². The summed E-state index contributed by atoms with van der Waals surface area (Å²) in [5.41, 5.74) is 1.32. The summed E-state index contributed by atoms with van der Waals surface area (Å²) in [4.78, 5) is 14.7. The van der Waals surface area contributed by atoms with Gasteiger partial charge in [-0.2, -0.15) is 5.26 Å². The molecule has 3 aliphatic rings. The zero-order chi connectivity index (χ0) is 22.2. The number of likely N-dealkylation sites (tertiary alicyclic amines) is 1. The van der Waals surface area contributed by atoms with Crippen LogP contribution in [-0.4, -0.2) is 57.6 Å². The molecule has 0 aliphatic carbocycles. The van der Waals surface area contributed by atoms with Crippen molar-refractivity contribution >= 4 is 38.6 Å². The van der Waals surface area contributed by atoms with Crippen molar-refractivity contribution in [3.63, 3.8) is 0 Å². The van der Waals surface area contributed by atoms with Gasteiger partial charge in [-0.3, -0.25) is 4.99 Å². The molecule has 0 bridgehead atoms. The maximum absolute atomic E-state index is 13.4. The number of piperidine rings is 1. The lowest BCUT2D eigenvalue weighted by Crippen LogP contribution is -2.47. The Kier molecular flexibility index (Phi) is 5.78. The number of halogens is 1. The molecular formula is C22H24FN7S2. The van der Waals surface area contributed by atoms with E-state index in [0.717, 1.165) is 40.5 Å². The van der Waals surface area contributed by atoms with Crippen LogP contribution in [0.15, 0.2) is 34.4 Å². The van der Waals surface area contributed by atoms with Crippen LogP contribution in [0.5, 0.6) is 0 Å². The maximum atomic E-state index is 13.4. The molecule has 0 N–H and O–H groups in total. The van der Waals surface area contributed by atoms with Gasteiger partial charge in [-0.05, 0) is 61.7 Å². The van der Waals surface area contributed by atoms with Gasteiger partial charge in [0, 0.05) is 25.7 Å². The Bertz CT molecular complexity index is 1100. The predicted molar refractivity (Wildman–Crippen MR) is 128 cm³/mol. The third kappa shape index (κ3) is 3.73. The van der Waals surface area contributed by atoms with Gasteiger partial charge in [-0.1, -0.05) is 18.3 Å². The highest BCUT2D eigenvalue weighted by Gasteiger charge is 2.44. The van der Waals surface area contributed by atoms with E-state index in [2.05, 4.69) is 22.8 Å². The second-order valence-electron chi connectivity index (χ2n) is 8.08. The first-order valence-corrected chi connectivity index (χ1v) is 12.5. The number of nitrogens with zero attached hydrogens (tertiary/aromatic N) is 7. The van der Waals surface area contributed by atoms with Crippen LogP contribution < -0.4 is 4.90 Å². The lowest BCUT2D eigenvalue weighted by molar-refractivity contribution is 0.299. The van der Waals surface area contributed by atoms with Crippen molar-refractivity contribution in [3.8, 4) is 17.3 Å². The Morgan fingerprint density at radius 2 is 1.94 bits per heavy atom. The van der Waals surface area contributed by atoms with Gasteiger partial charge in [0.1, 0.15) is 28.6 Å². The zero-order valence-electron chi connectivity index (χ0n) is 18.0. The summed E-state index contributed by atoms with van der Waals surface area (Å²) in [5, 5.41) is 19.4. The quantitative estimate of drug-likeness (QED) is 0.655. The lowest BCUT2D eigenvalue weighted by Gasteiger charge is -2.32. The number of aromatic nitrogens is 1. The van der Waals surface area contributed by atoms with Gasteiger partial charge in [-0.15, -0.1) is 5.10 Å². The fourth-order valence-electron chi connectivity index (χ4n) is 4.30. The predicted octanol–water partition coefficient (Wildman–Crippen LogP) is 4.54. The summed E-state index contributed by atoms with van der Waals surface area (Å²) in [6.07, 6.45) is 4.48. The highest BCUT2D eigenvalue weighted by Crippen LogP contribution is 2.39. The molecule has 1 aromatic heterocycles. The molecule has 1 fully saturated rings. The number of hydrogen-bond acceptors (Lipinski definition) is 9. The number of anilines is 1. The zero-order valence-corrected chi connectivity index (χ0v) is 19.7. The van der Waals surface area contributed by atoms with E-state index in [1.807, 2.05) is 12.1 Å². The molecular weight excluding hydrogens is 445 g/mol. The van der Waals surface area contributed by atoms with E-state index in [4.69, 9.17) is 15.1 Å². The smallest absolute Gasteiger partial charge is 0.191 e. The number of hydrazone groups is 1. The minimum Gasteiger partial charge on any atom is -0.349 e. The molecule has 1 saturated heterocycles. The number of likely N-dealkylation sites (N-methyl/N-ethyl adjacent to an activating group) is 1. The molecule has 7 nitrogen and oxygen atoms in total. The van der Waals surface area contributed by atoms with E-state index in [9.17, 15) is 9.65 Å². The fraction of sp³-hybridized carbons (Fsp3) is 0.455. The van der Waals surface area contributed by atoms with Crippen LogP contribution in [0.25, 0.3) is 11.3 Å². The Labute approximate surface area is 195 Å². The summed E-state index contributed by atoms with van der Waals surface area (Å²) in [5.74, 6) is -0.310. The number of hydrogen-bond donors (Lipinski definition) is 0. The molecule has 2 unspecified atom stereocenters.